The second-order valence-corrected chi connectivity index (χ2v) is 2.58. The van der Waals surface area contributed by atoms with Crippen molar-refractivity contribution in [1.29, 1.82) is 0 Å². The average molecular weight is 168 g/mol. The Bertz CT molecular complexity index is 213. The molecule has 1 rings (SSSR count). The number of alkyl halides is 1. The number of benzene rings is 1. The van der Waals surface area contributed by atoms with Gasteiger partial charge in [-0.05, 0) is 12.1 Å². The average Bonchev–Trinajstić information content (AvgIpc) is 2.16. The van der Waals surface area contributed by atoms with E-state index in [1.165, 1.54) is 0 Å². The first-order chi connectivity index (χ1) is 5.83. The highest BCUT2D eigenvalue weighted by atomic mass is 19.1. The molecule has 1 aromatic rings. The summed E-state index contributed by atoms with van der Waals surface area (Å²) in [5.74, 6) is 0. The van der Waals surface area contributed by atoms with Gasteiger partial charge in [-0.15, -0.1) is 0 Å². The molecule has 0 aromatic heterocycles. The molecule has 0 saturated carbocycles. The van der Waals surface area contributed by atoms with Gasteiger partial charge in [-0.2, -0.15) is 0 Å². The molecule has 0 saturated heterocycles. The molecule has 0 heterocycles. The van der Waals surface area contributed by atoms with Crippen molar-refractivity contribution in [3.8, 4) is 0 Å². The topological polar surface area (TPSA) is 38.0 Å². The van der Waals surface area contributed by atoms with Crippen molar-refractivity contribution in [3.63, 3.8) is 0 Å². The Morgan fingerprint density at radius 2 is 2.00 bits per heavy atom. The third-order valence-electron chi connectivity index (χ3n) is 1.56. The zero-order valence-electron chi connectivity index (χ0n) is 6.83. The predicted molar refractivity (Wildman–Crippen MR) is 48.9 cm³/mol. The molecule has 0 aliphatic heterocycles. The summed E-state index contributed by atoms with van der Waals surface area (Å²) in [6.45, 7) is 0.348. The van der Waals surface area contributed by atoms with Gasteiger partial charge in [-0.25, -0.2) is 4.39 Å². The molecule has 0 fully saturated rings. The van der Waals surface area contributed by atoms with Crippen LogP contribution >= 0.6 is 0 Å². The second kappa shape index (κ2) is 4.72. The largest absolute Gasteiger partial charge is 0.382 e. The number of nitrogens with two attached hydrogens (primary N) is 1. The van der Waals surface area contributed by atoms with E-state index in [0.29, 0.717) is 0 Å². The Morgan fingerprint density at radius 3 is 2.58 bits per heavy atom. The van der Waals surface area contributed by atoms with Gasteiger partial charge < -0.3 is 11.1 Å². The summed E-state index contributed by atoms with van der Waals surface area (Å²) < 4.78 is 12.6. The van der Waals surface area contributed by atoms with Crippen LogP contribution in [0.15, 0.2) is 30.3 Å². The smallest absolute Gasteiger partial charge is 0.129 e. The second-order valence-electron chi connectivity index (χ2n) is 2.58. The molecule has 12 heavy (non-hydrogen) atoms. The predicted octanol–water partition coefficient (Wildman–Crippen LogP) is 1.40. The van der Waals surface area contributed by atoms with Crippen molar-refractivity contribution >= 4 is 5.69 Å². The Kier molecular flexibility index (Phi) is 3.54. The van der Waals surface area contributed by atoms with Crippen molar-refractivity contribution in [1.82, 2.24) is 0 Å². The molecule has 1 aromatic carbocycles. The SMILES string of the molecule is NCC(F)CNc1ccccc1. The maximum atomic E-state index is 12.6. The number of nitrogens with one attached hydrogen (secondary N) is 1. The summed E-state index contributed by atoms with van der Waals surface area (Å²) in [5.41, 5.74) is 6.05. The lowest BCUT2D eigenvalue weighted by Crippen LogP contribution is -2.23. The molecule has 0 bridgehead atoms. The summed E-state index contributed by atoms with van der Waals surface area (Å²) in [6, 6.07) is 9.50. The number of para-hydroxylation sites is 1. The third-order valence-corrected chi connectivity index (χ3v) is 1.56. The standard InChI is InChI=1S/C9H13FN2/c10-8(6-11)7-12-9-4-2-1-3-5-9/h1-5,8,12H,6-7,11H2. The number of halogens is 1. The number of hydrogen-bond donors (Lipinski definition) is 2. The first-order valence-corrected chi connectivity index (χ1v) is 3.96. The molecular formula is C9H13FN2. The maximum Gasteiger partial charge on any atom is 0.129 e. The molecule has 3 N–H and O–H groups in total. The summed E-state index contributed by atoms with van der Waals surface area (Å²) in [6.07, 6.45) is -0.967. The summed E-state index contributed by atoms with van der Waals surface area (Å²) >= 11 is 0. The summed E-state index contributed by atoms with van der Waals surface area (Å²) in [7, 11) is 0. The van der Waals surface area contributed by atoms with Gasteiger partial charge in [-0.1, -0.05) is 18.2 Å². The maximum absolute atomic E-state index is 12.6. The summed E-state index contributed by atoms with van der Waals surface area (Å²) in [4.78, 5) is 0. The quantitative estimate of drug-likeness (QED) is 0.713. The van der Waals surface area contributed by atoms with Crippen LogP contribution in [0.25, 0.3) is 0 Å². The van der Waals surface area contributed by atoms with Gasteiger partial charge >= 0.3 is 0 Å². The molecular weight excluding hydrogens is 155 g/mol. The monoisotopic (exact) mass is 168 g/mol. The van der Waals surface area contributed by atoms with E-state index in [-0.39, 0.29) is 13.1 Å². The van der Waals surface area contributed by atoms with Gasteiger partial charge in [0.25, 0.3) is 0 Å². The van der Waals surface area contributed by atoms with E-state index in [1.54, 1.807) is 0 Å². The van der Waals surface area contributed by atoms with Crippen molar-refractivity contribution in [2.24, 2.45) is 5.73 Å². The lowest BCUT2D eigenvalue weighted by molar-refractivity contribution is 0.358. The lowest BCUT2D eigenvalue weighted by Gasteiger charge is -2.07. The lowest BCUT2D eigenvalue weighted by atomic mass is 10.3. The molecule has 2 nitrogen and oxygen atoms in total. The van der Waals surface area contributed by atoms with E-state index in [2.05, 4.69) is 5.32 Å². The Labute approximate surface area is 71.6 Å². The number of anilines is 1. The fourth-order valence-corrected chi connectivity index (χ4v) is 0.868. The van der Waals surface area contributed by atoms with Crippen molar-refractivity contribution in [3.05, 3.63) is 30.3 Å². The van der Waals surface area contributed by atoms with Crippen LogP contribution in [0.1, 0.15) is 0 Å². The molecule has 0 spiro atoms. The van der Waals surface area contributed by atoms with Gasteiger partial charge in [0.15, 0.2) is 0 Å². The normalized spacial score (nSPS) is 12.5. The molecule has 1 atom stereocenters. The van der Waals surface area contributed by atoms with Crippen LogP contribution < -0.4 is 11.1 Å². The highest BCUT2D eigenvalue weighted by Crippen LogP contribution is 2.04. The molecule has 0 amide bonds. The first kappa shape index (κ1) is 9.00. The van der Waals surface area contributed by atoms with Gasteiger partial charge in [0.05, 0.1) is 0 Å². The van der Waals surface area contributed by atoms with E-state index in [0.717, 1.165) is 5.69 Å². The molecule has 0 aliphatic rings. The fraction of sp³-hybridized carbons (Fsp3) is 0.333. The molecule has 3 heteroatoms. The van der Waals surface area contributed by atoms with Crippen LogP contribution in [0.2, 0.25) is 0 Å². The molecule has 1 unspecified atom stereocenters. The number of rotatable bonds is 4. The number of hydrogen-bond acceptors (Lipinski definition) is 2. The Balaban J connectivity index is 2.33. The van der Waals surface area contributed by atoms with Crippen LogP contribution in [-0.2, 0) is 0 Å². The minimum absolute atomic E-state index is 0.0693. The van der Waals surface area contributed by atoms with Crippen molar-refractivity contribution < 1.29 is 4.39 Å². The van der Waals surface area contributed by atoms with Crippen molar-refractivity contribution in [2.45, 2.75) is 6.17 Å². The fourth-order valence-electron chi connectivity index (χ4n) is 0.868. The van der Waals surface area contributed by atoms with E-state index in [4.69, 9.17) is 5.73 Å². The molecule has 66 valence electrons. The zero-order chi connectivity index (χ0) is 8.81. The van der Waals surface area contributed by atoms with E-state index in [1.807, 2.05) is 30.3 Å². The van der Waals surface area contributed by atoms with E-state index in [9.17, 15) is 4.39 Å². The minimum atomic E-state index is -0.967. The highest BCUT2D eigenvalue weighted by molar-refractivity contribution is 5.42. The van der Waals surface area contributed by atoms with Gasteiger partial charge in [0.1, 0.15) is 6.17 Å². The van der Waals surface area contributed by atoms with Gasteiger partial charge in [0.2, 0.25) is 0 Å². The Morgan fingerprint density at radius 1 is 1.33 bits per heavy atom. The summed E-state index contributed by atoms with van der Waals surface area (Å²) in [5, 5.41) is 2.94. The van der Waals surface area contributed by atoms with Gasteiger partial charge in [-0.3, -0.25) is 0 Å². The van der Waals surface area contributed by atoms with E-state index < -0.39 is 6.17 Å². The third kappa shape index (κ3) is 2.88. The van der Waals surface area contributed by atoms with Crippen LogP contribution in [0.5, 0.6) is 0 Å². The van der Waals surface area contributed by atoms with E-state index >= 15 is 0 Å². The molecule has 0 radical (unpaired) electrons. The van der Waals surface area contributed by atoms with Crippen LogP contribution in [-0.4, -0.2) is 19.3 Å². The highest BCUT2D eigenvalue weighted by Gasteiger charge is 2.01. The van der Waals surface area contributed by atoms with Crippen molar-refractivity contribution in [2.75, 3.05) is 18.4 Å². The minimum Gasteiger partial charge on any atom is -0.382 e. The molecule has 0 aliphatic carbocycles. The zero-order valence-corrected chi connectivity index (χ0v) is 6.83. The van der Waals surface area contributed by atoms with Gasteiger partial charge in [0, 0.05) is 18.8 Å². The first-order valence-electron chi connectivity index (χ1n) is 3.96. The van der Waals surface area contributed by atoms with Crippen LogP contribution in [0.3, 0.4) is 0 Å². The van der Waals surface area contributed by atoms with Crippen LogP contribution in [0.4, 0.5) is 10.1 Å². The van der Waals surface area contributed by atoms with Crippen LogP contribution in [0, 0.1) is 0 Å². The Hall–Kier alpha value is -1.09.